The third-order valence-corrected chi connectivity index (χ3v) is 11.2. The molecule has 6 rings (SSSR count). The molecule has 0 radical (unpaired) electrons. The van der Waals surface area contributed by atoms with Crippen LogP contribution < -0.4 is 20.2 Å². The Labute approximate surface area is 402 Å². The molecule has 0 unspecified atom stereocenters. The van der Waals surface area contributed by atoms with Crippen LogP contribution in [0.4, 0.5) is 17.1 Å². The van der Waals surface area contributed by atoms with Gasteiger partial charge in [0.05, 0.1) is 0 Å². The van der Waals surface area contributed by atoms with Crippen LogP contribution in [0.5, 0.6) is 0 Å². The number of hydrogen-bond donors (Lipinski definition) is 0. The zero-order valence-corrected chi connectivity index (χ0v) is 40.6. The molecular formula is C65H68N2. The molecule has 0 N–H and O–H groups in total. The molecule has 0 spiro atoms. The summed E-state index contributed by atoms with van der Waals surface area (Å²) < 4.78 is 0. The lowest BCUT2D eigenvalue weighted by Crippen LogP contribution is -2.29. The minimum absolute atomic E-state index is 0.713. The summed E-state index contributed by atoms with van der Waals surface area (Å²) in [7, 11) is 0. The predicted octanol–water partition coefficient (Wildman–Crippen LogP) is 17.1. The molecule has 2 nitrogen and oxygen atoms in total. The van der Waals surface area contributed by atoms with Crippen molar-refractivity contribution in [3.8, 4) is 11.1 Å². The third-order valence-electron chi connectivity index (χ3n) is 11.2. The molecule has 0 amide bonds. The van der Waals surface area contributed by atoms with E-state index in [-0.39, 0.29) is 0 Å². The SMILES string of the molecule is C=C\C(=C/C=C(/C=C/c1ccc(-c2ccc(/C=C/C(=C)/C=C\C(=C)N(C/C=C\C=C/C)c3ccccc3)c(=C/C)/c2=C\CC)c2ccccc12)CC)N(c1ccccc1)c1ccccc1.CC. The van der Waals surface area contributed by atoms with E-state index in [4.69, 9.17) is 0 Å². The molecule has 0 saturated heterocycles. The monoisotopic (exact) mass is 877 g/mol. The lowest BCUT2D eigenvalue weighted by atomic mass is 9.91. The van der Waals surface area contributed by atoms with E-state index in [9.17, 15) is 0 Å². The fourth-order valence-corrected chi connectivity index (χ4v) is 7.90. The van der Waals surface area contributed by atoms with Crippen LogP contribution in [0.1, 0.15) is 65.5 Å². The number of allylic oxidation sites excluding steroid dienone is 12. The molecule has 0 saturated carbocycles. The van der Waals surface area contributed by atoms with Crippen molar-refractivity contribution in [1.82, 2.24) is 0 Å². The molecular weight excluding hydrogens is 809 g/mol. The first-order valence-electron chi connectivity index (χ1n) is 23.7. The van der Waals surface area contributed by atoms with Gasteiger partial charge < -0.3 is 9.80 Å². The number of hydrogen-bond acceptors (Lipinski definition) is 2. The van der Waals surface area contributed by atoms with Crippen LogP contribution in [-0.2, 0) is 0 Å². The van der Waals surface area contributed by atoms with Gasteiger partial charge in [-0.15, -0.1) is 0 Å². The summed E-state index contributed by atoms with van der Waals surface area (Å²) in [5.74, 6) is 0. The van der Waals surface area contributed by atoms with Crippen molar-refractivity contribution in [2.24, 2.45) is 0 Å². The standard InChI is InChI=1S/C63H62N2.C2H6/c1-8-13-14-26-48-64(55-28-18-15-19-29-55)50(7)38-36-49(6)37-41-52-43-46-62(60(27-9-2)58(52)12-5)63-47-44-53(59-34-24-25-35-61(59)63)42-39-51(10-3)40-45-54(11-4)65(56-30-20-16-21-31-56)57-32-22-17-23-33-57;1-2/h8,11-47H,4,6-7,9-10,48H2,1-3,5H3;1-2H3/b13-8-,26-14-,38-36-,41-37+,42-39+,51-40+,54-45+,58-12-,60-27+;. The van der Waals surface area contributed by atoms with Crippen LogP contribution in [0.3, 0.4) is 0 Å². The van der Waals surface area contributed by atoms with Crippen LogP contribution in [-0.4, -0.2) is 6.54 Å². The minimum atomic E-state index is 0.713. The molecule has 0 atom stereocenters. The molecule has 6 aromatic rings. The van der Waals surface area contributed by atoms with E-state index in [0.717, 1.165) is 52.4 Å². The van der Waals surface area contributed by atoms with E-state index in [1.165, 1.54) is 43.5 Å². The van der Waals surface area contributed by atoms with Crippen molar-refractivity contribution in [3.05, 3.63) is 270 Å². The number of para-hydroxylation sites is 3. The zero-order chi connectivity index (χ0) is 47.8. The Morgan fingerprint density at radius 3 is 1.75 bits per heavy atom. The molecule has 0 aromatic heterocycles. The highest BCUT2D eigenvalue weighted by atomic mass is 15.1. The average Bonchev–Trinajstić information content (AvgIpc) is 3.38. The fourth-order valence-electron chi connectivity index (χ4n) is 7.90. The summed E-state index contributed by atoms with van der Waals surface area (Å²) in [6.45, 7) is 26.3. The van der Waals surface area contributed by atoms with E-state index in [0.29, 0.717) is 6.54 Å². The largest absolute Gasteiger partial charge is 0.338 e. The van der Waals surface area contributed by atoms with E-state index < -0.39 is 0 Å². The van der Waals surface area contributed by atoms with Crippen LogP contribution in [0.15, 0.2) is 249 Å². The predicted molar refractivity (Wildman–Crippen MR) is 300 cm³/mol. The van der Waals surface area contributed by atoms with Crippen molar-refractivity contribution < 1.29 is 0 Å². The fraction of sp³-hybridized carbons (Fsp3) is 0.138. The molecule has 0 aliphatic rings. The van der Waals surface area contributed by atoms with Crippen molar-refractivity contribution in [2.45, 2.75) is 54.4 Å². The van der Waals surface area contributed by atoms with Gasteiger partial charge in [-0.2, -0.15) is 0 Å². The third kappa shape index (κ3) is 13.7. The summed E-state index contributed by atoms with van der Waals surface area (Å²) >= 11 is 0. The Hall–Kier alpha value is -7.68. The molecule has 0 heterocycles. The number of rotatable bonds is 19. The Balaban J connectivity index is 0.00000414. The van der Waals surface area contributed by atoms with Gasteiger partial charge in [-0.1, -0.05) is 223 Å². The molecule has 2 heteroatoms. The molecule has 0 aliphatic carbocycles. The van der Waals surface area contributed by atoms with Gasteiger partial charge in [0.2, 0.25) is 0 Å². The normalized spacial score (nSPS) is 12.7. The van der Waals surface area contributed by atoms with Gasteiger partial charge in [0.1, 0.15) is 0 Å². The van der Waals surface area contributed by atoms with Crippen LogP contribution in [0.25, 0.3) is 46.2 Å². The van der Waals surface area contributed by atoms with Gasteiger partial charge in [-0.25, -0.2) is 0 Å². The Morgan fingerprint density at radius 2 is 1.15 bits per heavy atom. The molecule has 0 bridgehead atoms. The molecule has 6 aromatic carbocycles. The lowest BCUT2D eigenvalue weighted by molar-refractivity contribution is 1.04. The summed E-state index contributed by atoms with van der Waals surface area (Å²) in [4.78, 5) is 4.43. The number of benzene rings is 6. The second kappa shape index (κ2) is 27.0. The summed E-state index contributed by atoms with van der Waals surface area (Å²) in [6, 6.07) is 49.1. The highest BCUT2D eigenvalue weighted by Crippen LogP contribution is 2.32. The Morgan fingerprint density at radius 1 is 0.567 bits per heavy atom. The highest BCUT2D eigenvalue weighted by molar-refractivity contribution is 6.01. The van der Waals surface area contributed by atoms with Gasteiger partial charge in [-0.05, 0) is 136 Å². The van der Waals surface area contributed by atoms with Gasteiger partial charge in [0, 0.05) is 35.0 Å². The lowest BCUT2D eigenvalue weighted by Gasteiger charge is -2.26. The molecule has 67 heavy (non-hydrogen) atoms. The van der Waals surface area contributed by atoms with Crippen molar-refractivity contribution in [3.63, 3.8) is 0 Å². The number of nitrogens with zero attached hydrogens (tertiary/aromatic N) is 2. The van der Waals surface area contributed by atoms with Crippen LogP contribution in [0, 0.1) is 0 Å². The topological polar surface area (TPSA) is 6.48 Å². The minimum Gasteiger partial charge on any atom is -0.338 e. The quantitative estimate of drug-likeness (QED) is 0.0748. The van der Waals surface area contributed by atoms with E-state index in [2.05, 4.69) is 232 Å². The van der Waals surface area contributed by atoms with Crippen LogP contribution >= 0.6 is 0 Å². The maximum atomic E-state index is 4.41. The second-order valence-electron chi connectivity index (χ2n) is 15.5. The molecule has 338 valence electrons. The second-order valence-corrected chi connectivity index (χ2v) is 15.5. The van der Waals surface area contributed by atoms with Gasteiger partial charge >= 0.3 is 0 Å². The van der Waals surface area contributed by atoms with Crippen molar-refractivity contribution >= 4 is 52.1 Å². The van der Waals surface area contributed by atoms with Gasteiger partial charge in [-0.3, -0.25) is 0 Å². The van der Waals surface area contributed by atoms with Crippen molar-refractivity contribution in [1.29, 1.82) is 0 Å². The first-order valence-corrected chi connectivity index (χ1v) is 23.7. The highest BCUT2D eigenvalue weighted by Gasteiger charge is 2.13. The number of fused-ring (bicyclic) bond motifs is 1. The van der Waals surface area contributed by atoms with E-state index in [1.54, 1.807) is 0 Å². The van der Waals surface area contributed by atoms with E-state index >= 15 is 0 Å². The van der Waals surface area contributed by atoms with E-state index in [1.807, 2.05) is 69.4 Å². The first-order chi connectivity index (χ1) is 32.9. The number of anilines is 3. The maximum Gasteiger partial charge on any atom is 0.0461 e. The summed E-state index contributed by atoms with van der Waals surface area (Å²) in [5, 5.41) is 4.89. The molecule has 0 aliphatic heterocycles. The first kappa shape index (κ1) is 50.3. The Bertz CT molecular complexity index is 2880. The average molecular weight is 877 g/mol. The Kier molecular flexibility index (Phi) is 20.2. The smallest absolute Gasteiger partial charge is 0.0461 e. The summed E-state index contributed by atoms with van der Waals surface area (Å²) in [6.07, 6.45) is 33.8. The van der Waals surface area contributed by atoms with Gasteiger partial charge in [0.25, 0.3) is 0 Å². The van der Waals surface area contributed by atoms with Gasteiger partial charge in [0.15, 0.2) is 0 Å². The maximum absolute atomic E-state index is 4.41. The molecule has 0 fully saturated rings. The van der Waals surface area contributed by atoms with Crippen molar-refractivity contribution in [2.75, 3.05) is 16.3 Å². The van der Waals surface area contributed by atoms with Crippen LogP contribution in [0.2, 0.25) is 0 Å². The summed E-state index contributed by atoms with van der Waals surface area (Å²) in [5.41, 5.74) is 12.0. The zero-order valence-electron chi connectivity index (χ0n) is 40.6.